The number of nitrogens with two attached hydrogens (primary N) is 1. The van der Waals surface area contributed by atoms with Crippen molar-refractivity contribution in [3.8, 4) is 0 Å². The van der Waals surface area contributed by atoms with Crippen LogP contribution in [0, 0.1) is 0 Å². The Labute approximate surface area is 87.6 Å². The molecule has 1 unspecified atom stereocenters. The van der Waals surface area contributed by atoms with Crippen LogP contribution in [0.3, 0.4) is 0 Å². The molecule has 0 rings (SSSR count). The minimum absolute atomic E-state index is 0.0311. The Balaban J connectivity index is 4.31. The lowest BCUT2D eigenvalue weighted by Crippen LogP contribution is -2.51. The fourth-order valence-corrected chi connectivity index (χ4v) is 1.47. The molecule has 3 heteroatoms. The maximum Gasteiger partial charge on any atom is 0.0986 e. The first-order valence-corrected chi connectivity index (χ1v) is 5.30. The first-order valence-electron chi connectivity index (χ1n) is 5.30. The van der Waals surface area contributed by atoms with Gasteiger partial charge in [-0.05, 0) is 34.1 Å². The highest BCUT2D eigenvalue weighted by Gasteiger charge is 2.31. The number of hydrogen-bond acceptors (Lipinski definition) is 3. The molecule has 0 aliphatic rings. The summed E-state index contributed by atoms with van der Waals surface area (Å²) in [5.41, 5.74) is 5.20. The molecule has 0 saturated carbocycles. The molecule has 0 aliphatic heterocycles. The standard InChI is InChI=1S/C11H25NO2/c1-6-7-10(2,3)14-9(8-13)11(4,5)12/h9,13H,6-8,12H2,1-5H3. The van der Waals surface area contributed by atoms with E-state index in [2.05, 4.69) is 6.92 Å². The molecule has 14 heavy (non-hydrogen) atoms. The number of aliphatic hydroxyl groups excluding tert-OH is 1. The van der Waals surface area contributed by atoms with Gasteiger partial charge in [0.15, 0.2) is 0 Å². The summed E-state index contributed by atoms with van der Waals surface area (Å²) in [7, 11) is 0. The predicted octanol–water partition coefficient (Wildman–Crippen LogP) is 1.68. The summed E-state index contributed by atoms with van der Waals surface area (Å²) < 4.78 is 5.82. The fraction of sp³-hybridized carbons (Fsp3) is 1.00. The van der Waals surface area contributed by atoms with E-state index in [0.717, 1.165) is 12.8 Å². The van der Waals surface area contributed by atoms with Crippen LogP contribution >= 0.6 is 0 Å². The number of aliphatic hydroxyl groups is 1. The molecule has 0 saturated heterocycles. The van der Waals surface area contributed by atoms with Crippen molar-refractivity contribution < 1.29 is 9.84 Å². The summed E-state index contributed by atoms with van der Waals surface area (Å²) in [6.45, 7) is 9.89. The van der Waals surface area contributed by atoms with Gasteiger partial charge < -0.3 is 15.6 Å². The minimum Gasteiger partial charge on any atom is -0.394 e. The molecule has 3 N–H and O–H groups in total. The van der Waals surface area contributed by atoms with Crippen molar-refractivity contribution in [2.45, 2.75) is 64.7 Å². The van der Waals surface area contributed by atoms with Crippen LogP contribution in [-0.2, 0) is 4.74 Å². The molecule has 1 atom stereocenters. The molecule has 0 aromatic heterocycles. The van der Waals surface area contributed by atoms with Gasteiger partial charge in [0.25, 0.3) is 0 Å². The highest BCUT2D eigenvalue weighted by Crippen LogP contribution is 2.22. The molecular weight excluding hydrogens is 178 g/mol. The van der Waals surface area contributed by atoms with E-state index in [1.807, 2.05) is 27.7 Å². The van der Waals surface area contributed by atoms with E-state index in [1.165, 1.54) is 0 Å². The van der Waals surface area contributed by atoms with Gasteiger partial charge >= 0.3 is 0 Å². The van der Waals surface area contributed by atoms with Gasteiger partial charge in [-0.3, -0.25) is 0 Å². The van der Waals surface area contributed by atoms with Crippen LogP contribution in [0.5, 0.6) is 0 Å². The predicted molar refractivity (Wildman–Crippen MR) is 59.2 cm³/mol. The molecule has 0 aromatic rings. The van der Waals surface area contributed by atoms with Gasteiger partial charge in [-0.25, -0.2) is 0 Å². The van der Waals surface area contributed by atoms with Crippen LogP contribution in [0.1, 0.15) is 47.5 Å². The van der Waals surface area contributed by atoms with Crippen molar-refractivity contribution in [2.75, 3.05) is 6.61 Å². The summed E-state index contributed by atoms with van der Waals surface area (Å²) in [6.07, 6.45) is 1.74. The molecule has 0 aromatic carbocycles. The largest absolute Gasteiger partial charge is 0.394 e. The van der Waals surface area contributed by atoms with E-state index in [0.29, 0.717) is 0 Å². The molecule has 0 fully saturated rings. The Morgan fingerprint density at radius 2 is 1.79 bits per heavy atom. The van der Waals surface area contributed by atoms with Crippen molar-refractivity contribution in [2.24, 2.45) is 5.73 Å². The van der Waals surface area contributed by atoms with Gasteiger partial charge in [-0.15, -0.1) is 0 Å². The quantitative estimate of drug-likeness (QED) is 0.690. The van der Waals surface area contributed by atoms with E-state index in [-0.39, 0.29) is 18.3 Å². The third-order valence-corrected chi connectivity index (χ3v) is 2.31. The van der Waals surface area contributed by atoms with E-state index in [1.54, 1.807) is 0 Å². The van der Waals surface area contributed by atoms with Crippen LogP contribution in [0.2, 0.25) is 0 Å². The summed E-state index contributed by atoms with van der Waals surface area (Å²) >= 11 is 0. The maximum atomic E-state index is 9.19. The molecule has 0 aliphatic carbocycles. The molecule has 0 spiro atoms. The second-order valence-corrected chi connectivity index (χ2v) is 5.12. The normalized spacial score (nSPS) is 15.6. The fourth-order valence-electron chi connectivity index (χ4n) is 1.47. The van der Waals surface area contributed by atoms with Crippen LogP contribution in [0.15, 0.2) is 0 Å². The molecule has 86 valence electrons. The van der Waals surface area contributed by atoms with Crippen molar-refractivity contribution in [3.05, 3.63) is 0 Å². The van der Waals surface area contributed by atoms with Gasteiger partial charge in [0, 0.05) is 5.54 Å². The van der Waals surface area contributed by atoms with Crippen LogP contribution in [0.25, 0.3) is 0 Å². The number of ether oxygens (including phenoxy) is 1. The summed E-state index contributed by atoms with van der Waals surface area (Å²) in [4.78, 5) is 0. The lowest BCUT2D eigenvalue weighted by Gasteiger charge is -2.36. The molecule has 0 amide bonds. The zero-order chi connectivity index (χ0) is 11.4. The average molecular weight is 203 g/mol. The van der Waals surface area contributed by atoms with E-state index in [4.69, 9.17) is 10.5 Å². The second kappa shape index (κ2) is 5.10. The first-order chi connectivity index (χ1) is 6.23. The Kier molecular flexibility index (Phi) is 5.06. The summed E-state index contributed by atoms with van der Waals surface area (Å²) in [5.74, 6) is 0. The third-order valence-electron chi connectivity index (χ3n) is 2.31. The summed E-state index contributed by atoms with van der Waals surface area (Å²) in [5, 5.41) is 9.19. The SMILES string of the molecule is CCCC(C)(C)OC(CO)C(C)(C)N. The zero-order valence-electron chi connectivity index (χ0n) is 10.1. The molecule has 3 nitrogen and oxygen atoms in total. The van der Waals surface area contributed by atoms with Crippen molar-refractivity contribution >= 4 is 0 Å². The molecule has 0 radical (unpaired) electrons. The van der Waals surface area contributed by atoms with Crippen LogP contribution < -0.4 is 5.73 Å². The smallest absolute Gasteiger partial charge is 0.0986 e. The van der Waals surface area contributed by atoms with Gasteiger partial charge in [0.2, 0.25) is 0 Å². The van der Waals surface area contributed by atoms with Crippen molar-refractivity contribution in [1.82, 2.24) is 0 Å². The topological polar surface area (TPSA) is 55.5 Å². The molecule has 0 heterocycles. The van der Waals surface area contributed by atoms with Crippen LogP contribution in [0.4, 0.5) is 0 Å². The molecular formula is C11H25NO2. The maximum absolute atomic E-state index is 9.19. The third kappa shape index (κ3) is 4.94. The number of rotatable bonds is 6. The van der Waals surface area contributed by atoms with E-state index < -0.39 is 5.54 Å². The average Bonchev–Trinajstić information content (AvgIpc) is 1.98. The van der Waals surface area contributed by atoms with Gasteiger partial charge in [-0.1, -0.05) is 13.3 Å². The van der Waals surface area contributed by atoms with Gasteiger partial charge in [0.1, 0.15) is 0 Å². The van der Waals surface area contributed by atoms with Gasteiger partial charge in [0.05, 0.1) is 18.3 Å². The van der Waals surface area contributed by atoms with Crippen molar-refractivity contribution in [1.29, 1.82) is 0 Å². The second-order valence-electron chi connectivity index (χ2n) is 5.12. The summed E-state index contributed by atoms with van der Waals surface area (Å²) in [6, 6.07) is 0. The Bertz CT molecular complexity index is 161. The van der Waals surface area contributed by atoms with Gasteiger partial charge in [-0.2, -0.15) is 0 Å². The van der Waals surface area contributed by atoms with E-state index in [9.17, 15) is 5.11 Å². The zero-order valence-corrected chi connectivity index (χ0v) is 10.1. The van der Waals surface area contributed by atoms with Crippen LogP contribution in [-0.4, -0.2) is 29.0 Å². The lowest BCUT2D eigenvalue weighted by atomic mass is 9.96. The first kappa shape index (κ1) is 13.9. The monoisotopic (exact) mass is 203 g/mol. The lowest BCUT2D eigenvalue weighted by molar-refractivity contribution is -0.118. The highest BCUT2D eigenvalue weighted by molar-refractivity contribution is 4.85. The van der Waals surface area contributed by atoms with Crippen molar-refractivity contribution in [3.63, 3.8) is 0 Å². The minimum atomic E-state index is -0.500. The number of hydrogen-bond donors (Lipinski definition) is 2. The Morgan fingerprint density at radius 3 is 2.07 bits per heavy atom. The van der Waals surface area contributed by atoms with E-state index >= 15 is 0 Å². The molecule has 0 bridgehead atoms. The highest BCUT2D eigenvalue weighted by atomic mass is 16.5. The Morgan fingerprint density at radius 1 is 1.29 bits per heavy atom. The Hall–Kier alpha value is -0.120.